The Morgan fingerprint density at radius 1 is 1.10 bits per heavy atom. The summed E-state index contributed by atoms with van der Waals surface area (Å²) in [4.78, 5) is 49.9. The SMILES string of the molecule is CC(=O)OC1CC2C(C)(C)C(=O)C=CC2(C)C2CCC3(C)C(=CCC3C(CCOC(=O)C(C)C)C(=O)O)C12C. The molecule has 4 rings (SSSR count). The zero-order valence-electron chi connectivity index (χ0n) is 24.8. The number of hydrogen-bond acceptors (Lipinski definition) is 6. The molecule has 7 heteroatoms. The summed E-state index contributed by atoms with van der Waals surface area (Å²) in [5.41, 5.74) is -0.525. The second-order valence-corrected chi connectivity index (χ2v) is 14.0. The van der Waals surface area contributed by atoms with E-state index in [0.717, 1.165) is 12.8 Å². The van der Waals surface area contributed by atoms with Gasteiger partial charge < -0.3 is 14.6 Å². The molecule has 216 valence electrons. The van der Waals surface area contributed by atoms with Gasteiger partial charge in [0.1, 0.15) is 6.10 Å². The fourth-order valence-corrected chi connectivity index (χ4v) is 9.21. The number of esters is 2. The molecule has 8 unspecified atom stereocenters. The number of ketones is 1. The molecule has 0 radical (unpaired) electrons. The van der Waals surface area contributed by atoms with Crippen molar-refractivity contribution in [1.82, 2.24) is 0 Å². The van der Waals surface area contributed by atoms with E-state index in [9.17, 15) is 24.3 Å². The highest BCUT2D eigenvalue weighted by Gasteiger charge is 2.68. The van der Waals surface area contributed by atoms with Crippen LogP contribution in [0.15, 0.2) is 23.8 Å². The summed E-state index contributed by atoms with van der Waals surface area (Å²) in [6, 6.07) is 0. The lowest BCUT2D eigenvalue weighted by Gasteiger charge is -2.66. The van der Waals surface area contributed by atoms with Gasteiger partial charge in [0.05, 0.1) is 18.4 Å². The quantitative estimate of drug-likeness (QED) is 0.321. The van der Waals surface area contributed by atoms with Crippen molar-refractivity contribution in [3.8, 4) is 0 Å². The van der Waals surface area contributed by atoms with E-state index >= 15 is 0 Å². The summed E-state index contributed by atoms with van der Waals surface area (Å²) in [7, 11) is 0. The molecule has 4 aliphatic rings. The van der Waals surface area contributed by atoms with Gasteiger partial charge in [0, 0.05) is 17.8 Å². The molecule has 8 atom stereocenters. The van der Waals surface area contributed by atoms with Crippen LogP contribution in [0.25, 0.3) is 0 Å². The van der Waals surface area contributed by atoms with Crippen molar-refractivity contribution in [3.63, 3.8) is 0 Å². The Balaban J connectivity index is 1.71. The van der Waals surface area contributed by atoms with Crippen molar-refractivity contribution in [2.24, 2.45) is 51.2 Å². The van der Waals surface area contributed by atoms with Crippen LogP contribution in [0.1, 0.15) is 87.5 Å². The molecule has 0 amide bonds. The van der Waals surface area contributed by atoms with Gasteiger partial charge in [0.25, 0.3) is 0 Å². The summed E-state index contributed by atoms with van der Waals surface area (Å²) in [5, 5.41) is 10.3. The predicted octanol–water partition coefficient (Wildman–Crippen LogP) is 5.77. The molecule has 2 saturated carbocycles. The number of allylic oxidation sites excluding steroid dienone is 3. The van der Waals surface area contributed by atoms with E-state index < -0.39 is 28.8 Å². The monoisotopic (exact) mass is 542 g/mol. The molecule has 0 aromatic rings. The van der Waals surface area contributed by atoms with Crippen molar-refractivity contribution >= 4 is 23.7 Å². The first kappa shape index (κ1) is 29.5. The zero-order chi connectivity index (χ0) is 29.1. The van der Waals surface area contributed by atoms with Gasteiger partial charge in [-0.15, -0.1) is 0 Å². The van der Waals surface area contributed by atoms with Gasteiger partial charge in [-0.2, -0.15) is 0 Å². The maximum Gasteiger partial charge on any atom is 0.308 e. The summed E-state index contributed by atoms with van der Waals surface area (Å²) in [6.07, 6.45) is 8.80. The average Bonchev–Trinajstić information content (AvgIpc) is 3.18. The molecule has 0 aromatic heterocycles. The summed E-state index contributed by atoms with van der Waals surface area (Å²) in [6.45, 7) is 15.7. The number of ether oxygens (including phenoxy) is 2. The van der Waals surface area contributed by atoms with E-state index in [2.05, 4.69) is 32.9 Å². The minimum absolute atomic E-state index is 0.0227. The third kappa shape index (κ3) is 4.48. The van der Waals surface area contributed by atoms with Crippen LogP contribution >= 0.6 is 0 Å². The highest BCUT2D eigenvalue weighted by molar-refractivity contribution is 5.95. The molecule has 39 heavy (non-hydrogen) atoms. The maximum absolute atomic E-state index is 13.0. The van der Waals surface area contributed by atoms with Crippen LogP contribution in [-0.2, 0) is 28.7 Å². The van der Waals surface area contributed by atoms with Crippen molar-refractivity contribution < 1.29 is 33.8 Å². The Morgan fingerprint density at radius 2 is 1.77 bits per heavy atom. The molecule has 7 nitrogen and oxygen atoms in total. The van der Waals surface area contributed by atoms with E-state index in [1.807, 2.05) is 13.8 Å². The Morgan fingerprint density at radius 3 is 2.36 bits per heavy atom. The molecule has 0 aromatic carbocycles. The highest BCUT2D eigenvalue weighted by Crippen LogP contribution is 2.72. The molecule has 2 fully saturated rings. The highest BCUT2D eigenvalue weighted by atomic mass is 16.5. The van der Waals surface area contributed by atoms with Crippen LogP contribution < -0.4 is 0 Å². The zero-order valence-corrected chi connectivity index (χ0v) is 24.8. The molecule has 0 bridgehead atoms. The maximum atomic E-state index is 13.0. The van der Waals surface area contributed by atoms with Gasteiger partial charge in [-0.05, 0) is 66.8 Å². The molecule has 4 aliphatic carbocycles. The lowest BCUT2D eigenvalue weighted by molar-refractivity contribution is -0.188. The van der Waals surface area contributed by atoms with E-state index in [-0.39, 0.29) is 65.3 Å². The summed E-state index contributed by atoms with van der Waals surface area (Å²) >= 11 is 0. The number of rotatable bonds is 7. The number of fused-ring (bicyclic) bond motifs is 5. The topological polar surface area (TPSA) is 107 Å². The fraction of sp³-hybridized carbons (Fsp3) is 0.750. The van der Waals surface area contributed by atoms with Crippen molar-refractivity contribution in [3.05, 3.63) is 23.8 Å². The number of carbonyl (C=O) groups excluding carboxylic acids is 3. The lowest BCUT2D eigenvalue weighted by Crippen LogP contribution is -2.64. The molecular weight excluding hydrogens is 496 g/mol. The number of hydrogen-bond donors (Lipinski definition) is 1. The van der Waals surface area contributed by atoms with Crippen LogP contribution in [0.4, 0.5) is 0 Å². The fourth-order valence-electron chi connectivity index (χ4n) is 9.21. The normalized spacial score (nSPS) is 39.2. The van der Waals surface area contributed by atoms with E-state index in [0.29, 0.717) is 12.8 Å². The third-order valence-corrected chi connectivity index (χ3v) is 11.2. The number of aliphatic carboxylic acids is 1. The molecule has 0 saturated heterocycles. The molecule has 0 heterocycles. The molecule has 0 spiro atoms. The minimum atomic E-state index is -0.869. The Bertz CT molecular complexity index is 1120. The van der Waals surface area contributed by atoms with Gasteiger partial charge in [-0.25, -0.2) is 0 Å². The van der Waals surface area contributed by atoms with Crippen molar-refractivity contribution in [2.75, 3.05) is 6.61 Å². The number of carboxylic acid groups (broad SMARTS) is 1. The third-order valence-electron chi connectivity index (χ3n) is 11.2. The van der Waals surface area contributed by atoms with Gasteiger partial charge in [-0.3, -0.25) is 19.2 Å². The lowest BCUT2D eigenvalue weighted by atomic mass is 9.38. The molecular formula is C32H46O7. The second-order valence-electron chi connectivity index (χ2n) is 14.0. The smallest absolute Gasteiger partial charge is 0.308 e. The Kier molecular flexibility index (Phi) is 7.48. The number of carbonyl (C=O) groups is 4. The molecule has 0 aliphatic heterocycles. The summed E-state index contributed by atoms with van der Waals surface area (Å²) < 4.78 is 11.5. The Hall–Kier alpha value is -2.44. The minimum Gasteiger partial charge on any atom is -0.481 e. The van der Waals surface area contributed by atoms with Gasteiger partial charge in [0.2, 0.25) is 0 Å². The van der Waals surface area contributed by atoms with Crippen LogP contribution in [0.3, 0.4) is 0 Å². The Labute approximate surface area is 232 Å². The van der Waals surface area contributed by atoms with Crippen molar-refractivity contribution in [2.45, 2.75) is 93.6 Å². The second kappa shape index (κ2) is 9.88. The van der Waals surface area contributed by atoms with Crippen LogP contribution in [0.5, 0.6) is 0 Å². The van der Waals surface area contributed by atoms with Gasteiger partial charge in [0.15, 0.2) is 5.78 Å². The first-order chi connectivity index (χ1) is 18.0. The first-order valence-electron chi connectivity index (χ1n) is 14.5. The standard InChI is InChI=1S/C32H46O7/c1-18(2)28(37)38-16-13-20(27(35)36)21-9-10-22-30(21,6)14-11-23-31(7)15-12-25(34)29(4,5)24(31)17-26(32(22,23)8)39-19(3)33/h10,12,15,18,20-21,23-24,26H,9,11,13-14,16-17H2,1-8H3,(H,35,36). The summed E-state index contributed by atoms with van der Waals surface area (Å²) in [5.74, 6) is -2.33. The largest absolute Gasteiger partial charge is 0.481 e. The first-order valence-corrected chi connectivity index (χ1v) is 14.5. The van der Waals surface area contributed by atoms with Gasteiger partial charge >= 0.3 is 17.9 Å². The average molecular weight is 543 g/mol. The van der Waals surface area contributed by atoms with E-state index in [1.165, 1.54) is 12.5 Å². The van der Waals surface area contributed by atoms with Crippen molar-refractivity contribution in [1.29, 1.82) is 0 Å². The van der Waals surface area contributed by atoms with Gasteiger partial charge in [-0.1, -0.05) is 66.2 Å². The molecule has 1 N–H and O–H groups in total. The van der Waals surface area contributed by atoms with Crippen LogP contribution in [-0.4, -0.2) is 41.5 Å². The van der Waals surface area contributed by atoms with E-state index in [4.69, 9.17) is 9.47 Å². The van der Waals surface area contributed by atoms with Crippen LogP contribution in [0.2, 0.25) is 0 Å². The predicted molar refractivity (Wildman–Crippen MR) is 146 cm³/mol. The van der Waals surface area contributed by atoms with Crippen LogP contribution in [0, 0.1) is 51.2 Å². The van der Waals surface area contributed by atoms with E-state index in [1.54, 1.807) is 19.9 Å². The number of carboxylic acids is 1.